The van der Waals surface area contributed by atoms with Crippen LogP contribution in [0.4, 0.5) is 0 Å². The van der Waals surface area contributed by atoms with E-state index < -0.39 is 0 Å². The van der Waals surface area contributed by atoms with Crippen molar-refractivity contribution in [1.82, 2.24) is 5.16 Å². The summed E-state index contributed by atoms with van der Waals surface area (Å²) in [6, 6.07) is 9.61. The number of aryl methyl sites for hydroxylation is 1. The first kappa shape index (κ1) is 11.7. The Morgan fingerprint density at radius 1 is 1.41 bits per heavy atom. The average Bonchev–Trinajstić information content (AvgIpc) is 2.73. The Morgan fingerprint density at radius 2 is 2.24 bits per heavy atom. The molecule has 0 aliphatic carbocycles. The lowest BCUT2D eigenvalue weighted by Gasteiger charge is -2.08. The number of nitrogens with two attached hydrogens (primary N) is 1. The molecule has 0 saturated heterocycles. The molecular formula is C13H16N2O2. The van der Waals surface area contributed by atoms with Gasteiger partial charge in [-0.3, -0.25) is 0 Å². The van der Waals surface area contributed by atoms with Gasteiger partial charge in [-0.25, -0.2) is 0 Å². The molecule has 0 fully saturated rings. The minimum Gasteiger partial charge on any atom is -0.486 e. The quantitative estimate of drug-likeness (QED) is 0.880. The van der Waals surface area contributed by atoms with E-state index in [1.807, 2.05) is 44.2 Å². The Morgan fingerprint density at radius 3 is 2.88 bits per heavy atom. The monoisotopic (exact) mass is 232 g/mol. The summed E-state index contributed by atoms with van der Waals surface area (Å²) in [5, 5.41) is 3.80. The number of benzene rings is 1. The average molecular weight is 232 g/mol. The van der Waals surface area contributed by atoms with Gasteiger partial charge >= 0.3 is 0 Å². The minimum atomic E-state index is 0.00562. The molecule has 4 heteroatoms. The highest BCUT2D eigenvalue weighted by molar-refractivity contribution is 5.30. The van der Waals surface area contributed by atoms with Gasteiger partial charge in [0.15, 0.2) is 5.76 Å². The first-order valence-corrected chi connectivity index (χ1v) is 5.55. The third-order valence-electron chi connectivity index (χ3n) is 2.44. The summed E-state index contributed by atoms with van der Waals surface area (Å²) in [7, 11) is 0. The third-order valence-corrected chi connectivity index (χ3v) is 2.44. The maximum absolute atomic E-state index is 5.81. The van der Waals surface area contributed by atoms with E-state index in [0.29, 0.717) is 12.4 Å². The van der Waals surface area contributed by atoms with Crippen LogP contribution in [0.1, 0.15) is 30.0 Å². The van der Waals surface area contributed by atoms with Crippen LogP contribution in [-0.4, -0.2) is 5.16 Å². The lowest BCUT2D eigenvalue weighted by Crippen LogP contribution is -2.05. The van der Waals surface area contributed by atoms with Gasteiger partial charge in [0, 0.05) is 12.1 Å². The normalized spacial score (nSPS) is 12.4. The fraction of sp³-hybridized carbons (Fsp3) is 0.308. The first-order valence-electron chi connectivity index (χ1n) is 5.55. The van der Waals surface area contributed by atoms with Crippen molar-refractivity contribution in [2.24, 2.45) is 5.73 Å². The lowest BCUT2D eigenvalue weighted by molar-refractivity contribution is 0.248. The van der Waals surface area contributed by atoms with Gasteiger partial charge in [0.1, 0.15) is 12.4 Å². The minimum absolute atomic E-state index is 0.00562. The molecule has 2 N–H and O–H groups in total. The number of hydrogen-bond donors (Lipinski definition) is 1. The Bertz CT molecular complexity index is 492. The molecule has 0 amide bonds. The standard InChI is InChI=1S/C13H16N2O2/c1-9-6-13(17-15-9)8-16-12-5-3-4-11(7-12)10(2)14/h3-7,10H,8,14H2,1-2H3. The van der Waals surface area contributed by atoms with Gasteiger partial charge in [-0.05, 0) is 31.5 Å². The number of aromatic nitrogens is 1. The molecule has 0 aliphatic rings. The summed E-state index contributed by atoms with van der Waals surface area (Å²) in [5.74, 6) is 1.50. The largest absolute Gasteiger partial charge is 0.486 e. The summed E-state index contributed by atoms with van der Waals surface area (Å²) < 4.78 is 10.7. The van der Waals surface area contributed by atoms with Gasteiger partial charge in [-0.1, -0.05) is 17.3 Å². The van der Waals surface area contributed by atoms with E-state index >= 15 is 0 Å². The second-order valence-corrected chi connectivity index (χ2v) is 4.08. The van der Waals surface area contributed by atoms with E-state index in [4.69, 9.17) is 15.0 Å². The zero-order valence-electron chi connectivity index (χ0n) is 10.0. The molecule has 2 rings (SSSR count). The predicted octanol–water partition coefficient (Wildman–Crippen LogP) is 2.58. The van der Waals surface area contributed by atoms with Crippen LogP contribution in [0, 0.1) is 6.92 Å². The molecule has 0 spiro atoms. The van der Waals surface area contributed by atoms with Crippen molar-refractivity contribution >= 4 is 0 Å². The van der Waals surface area contributed by atoms with E-state index in [0.717, 1.165) is 17.0 Å². The maximum atomic E-state index is 5.81. The molecule has 1 heterocycles. The second-order valence-electron chi connectivity index (χ2n) is 4.08. The van der Waals surface area contributed by atoms with Gasteiger partial charge in [-0.15, -0.1) is 0 Å². The van der Waals surface area contributed by atoms with Crippen LogP contribution in [0.3, 0.4) is 0 Å². The Kier molecular flexibility index (Phi) is 3.44. The van der Waals surface area contributed by atoms with Crippen molar-refractivity contribution in [3.8, 4) is 5.75 Å². The van der Waals surface area contributed by atoms with Gasteiger partial charge in [-0.2, -0.15) is 0 Å². The highest BCUT2D eigenvalue weighted by Crippen LogP contribution is 2.18. The SMILES string of the molecule is Cc1cc(COc2cccc(C(C)N)c2)on1. The molecule has 1 aromatic carbocycles. The summed E-state index contributed by atoms with van der Waals surface area (Å²) >= 11 is 0. The van der Waals surface area contributed by atoms with Gasteiger partial charge in [0.2, 0.25) is 0 Å². The fourth-order valence-corrected chi connectivity index (χ4v) is 1.53. The summed E-state index contributed by atoms with van der Waals surface area (Å²) in [5.41, 5.74) is 7.72. The number of ether oxygens (including phenoxy) is 1. The number of nitrogens with zero attached hydrogens (tertiary/aromatic N) is 1. The smallest absolute Gasteiger partial charge is 0.174 e. The molecule has 1 unspecified atom stereocenters. The van der Waals surface area contributed by atoms with Gasteiger partial charge in [0.05, 0.1) is 5.69 Å². The van der Waals surface area contributed by atoms with Crippen molar-refractivity contribution in [2.45, 2.75) is 26.5 Å². The van der Waals surface area contributed by atoms with E-state index in [2.05, 4.69) is 5.16 Å². The summed E-state index contributed by atoms with van der Waals surface area (Å²) in [4.78, 5) is 0. The van der Waals surface area contributed by atoms with Crippen molar-refractivity contribution < 1.29 is 9.26 Å². The molecule has 1 aromatic heterocycles. The molecule has 4 nitrogen and oxygen atoms in total. The highest BCUT2D eigenvalue weighted by atomic mass is 16.5. The predicted molar refractivity (Wildman–Crippen MR) is 64.6 cm³/mol. The van der Waals surface area contributed by atoms with Crippen LogP contribution in [0.25, 0.3) is 0 Å². The van der Waals surface area contributed by atoms with E-state index in [1.54, 1.807) is 0 Å². The zero-order valence-corrected chi connectivity index (χ0v) is 10.0. The maximum Gasteiger partial charge on any atom is 0.174 e. The Balaban J connectivity index is 2.01. The van der Waals surface area contributed by atoms with E-state index in [-0.39, 0.29) is 6.04 Å². The molecule has 0 radical (unpaired) electrons. The molecule has 2 aromatic rings. The molecular weight excluding hydrogens is 216 g/mol. The van der Waals surface area contributed by atoms with Crippen LogP contribution in [0.15, 0.2) is 34.9 Å². The van der Waals surface area contributed by atoms with Gasteiger partial charge < -0.3 is 15.0 Å². The Hall–Kier alpha value is -1.81. The summed E-state index contributed by atoms with van der Waals surface area (Å²) in [6.07, 6.45) is 0. The lowest BCUT2D eigenvalue weighted by atomic mass is 10.1. The first-order chi connectivity index (χ1) is 8.15. The summed E-state index contributed by atoms with van der Waals surface area (Å²) in [6.45, 7) is 4.20. The number of rotatable bonds is 4. The van der Waals surface area contributed by atoms with Gasteiger partial charge in [0.25, 0.3) is 0 Å². The topological polar surface area (TPSA) is 61.3 Å². The molecule has 17 heavy (non-hydrogen) atoms. The Labute approximate surface area is 100 Å². The van der Waals surface area contributed by atoms with Crippen LogP contribution in [-0.2, 0) is 6.61 Å². The van der Waals surface area contributed by atoms with Crippen LogP contribution < -0.4 is 10.5 Å². The zero-order chi connectivity index (χ0) is 12.3. The fourth-order valence-electron chi connectivity index (χ4n) is 1.53. The van der Waals surface area contributed by atoms with Crippen LogP contribution in [0.5, 0.6) is 5.75 Å². The second kappa shape index (κ2) is 5.01. The molecule has 0 aliphatic heterocycles. The van der Waals surface area contributed by atoms with Crippen molar-refractivity contribution in [1.29, 1.82) is 0 Å². The van der Waals surface area contributed by atoms with E-state index in [9.17, 15) is 0 Å². The molecule has 1 atom stereocenters. The van der Waals surface area contributed by atoms with Crippen molar-refractivity contribution in [2.75, 3.05) is 0 Å². The van der Waals surface area contributed by atoms with Crippen molar-refractivity contribution in [3.05, 3.63) is 47.3 Å². The highest BCUT2D eigenvalue weighted by Gasteiger charge is 2.04. The molecule has 0 saturated carbocycles. The van der Waals surface area contributed by atoms with Crippen molar-refractivity contribution in [3.63, 3.8) is 0 Å². The van der Waals surface area contributed by atoms with Crippen LogP contribution >= 0.6 is 0 Å². The third kappa shape index (κ3) is 3.07. The molecule has 0 bridgehead atoms. The molecule has 90 valence electrons. The van der Waals surface area contributed by atoms with Crippen LogP contribution in [0.2, 0.25) is 0 Å². The number of hydrogen-bond acceptors (Lipinski definition) is 4. The van der Waals surface area contributed by atoms with E-state index in [1.165, 1.54) is 0 Å².